The number of rotatable bonds is 6. The molecule has 1 aliphatic rings. The number of hydrogen-bond acceptors (Lipinski definition) is 3. The molecule has 1 aromatic heterocycles. The fourth-order valence-corrected chi connectivity index (χ4v) is 3.64. The number of aliphatic hydroxyl groups excluding tert-OH is 1. The maximum absolute atomic E-state index is 12.0. The Balaban J connectivity index is 1.42. The van der Waals surface area contributed by atoms with Gasteiger partial charge in [-0.15, -0.1) is 0 Å². The lowest BCUT2D eigenvalue weighted by Crippen LogP contribution is -2.32. The molecule has 0 unspecified atom stereocenters. The summed E-state index contributed by atoms with van der Waals surface area (Å²) in [6, 6.07) is 14.6. The first-order chi connectivity index (χ1) is 13.5. The van der Waals surface area contributed by atoms with E-state index in [1.54, 1.807) is 13.1 Å². The Morgan fingerprint density at radius 2 is 2.00 bits per heavy atom. The second-order valence-corrected chi connectivity index (χ2v) is 7.64. The molecule has 3 N–H and O–H groups in total. The molecule has 1 heterocycles. The van der Waals surface area contributed by atoms with E-state index >= 15 is 0 Å². The summed E-state index contributed by atoms with van der Waals surface area (Å²) in [5.74, 6) is 0.965. The molecular formula is C23H26N2O3. The summed E-state index contributed by atoms with van der Waals surface area (Å²) in [5, 5.41) is 13.4. The second-order valence-electron chi connectivity index (χ2n) is 7.64. The number of hydrogen-bond donors (Lipinski definition) is 3. The van der Waals surface area contributed by atoms with E-state index in [1.165, 1.54) is 11.1 Å². The fourth-order valence-electron chi connectivity index (χ4n) is 3.64. The average Bonchev–Trinajstić information content (AvgIpc) is 3.06. The van der Waals surface area contributed by atoms with Gasteiger partial charge in [0.2, 0.25) is 0 Å². The monoisotopic (exact) mass is 378 g/mol. The highest BCUT2D eigenvalue weighted by Gasteiger charge is 2.32. The van der Waals surface area contributed by atoms with E-state index in [0.717, 1.165) is 29.5 Å². The van der Waals surface area contributed by atoms with Crippen molar-refractivity contribution < 1.29 is 14.6 Å². The summed E-state index contributed by atoms with van der Waals surface area (Å²) in [7, 11) is 0. The maximum Gasteiger partial charge on any atom is 0.253 e. The van der Waals surface area contributed by atoms with Gasteiger partial charge in [-0.3, -0.25) is 4.79 Å². The predicted molar refractivity (Wildman–Crippen MR) is 111 cm³/mol. The molecule has 0 radical (unpaired) electrons. The quantitative estimate of drug-likeness (QED) is 0.591. The van der Waals surface area contributed by atoms with Crippen molar-refractivity contribution in [3.05, 3.63) is 59.8 Å². The van der Waals surface area contributed by atoms with Gasteiger partial charge in [0, 0.05) is 17.1 Å². The van der Waals surface area contributed by atoms with Crippen LogP contribution in [0.4, 0.5) is 5.69 Å². The van der Waals surface area contributed by atoms with Crippen LogP contribution < -0.4 is 10.1 Å². The molecule has 0 spiro atoms. The summed E-state index contributed by atoms with van der Waals surface area (Å²) >= 11 is 0. The van der Waals surface area contributed by atoms with Gasteiger partial charge in [0.1, 0.15) is 11.9 Å². The molecule has 28 heavy (non-hydrogen) atoms. The Hall–Kier alpha value is -2.79. The number of aromatic amines is 1. The number of amides is 1. The summed E-state index contributed by atoms with van der Waals surface area (Å²) in [4.78, 5) is 15.1. The molecule has 1 amide bonds. The molecule has 5 nitrogen and oxygen atoms in total. The number of fused-ring (bicyclic) bond motifs is 1. The lowest BCUT2D eigenvalue weighted by molar-refractivity contribution is -0.124. The molecule has 146 valence electrons. The third-order valence-corrected chi connectivity index (χ3v) is 5.55. The van der Waals surface area contributed by atoms with Gasteiger partial charge in [-0.25, -0.2) is 0 Å². The van der Waals surface area contributed by atoms with Crippen molar-refractivity contribution in [2.75, 3.05) is 5.32 Å². The van der Waals surface area contributed by atoms with E-state index in [0.29, 0.717) is 18.0 Å². The van der Waals surface area contributed by atoms with Crippen molar-refractivity contribution in [1.82, 2.24) is 4.98 Å². The number of ether oxygens (including phenoxy) is 1. The summed E-state index contributed by atoms with van der Waals surface area (Å²) in [6.07, 6.45) is 3.36. The Labute approximate surface area is 164 Å². The van der Waals surface area contributed by atoms with Crippen LogP contribution in [0.15, 0.2) is 48.7 Å². The molecule has 1 atom stereocenters. The zero-order valence-electron chi connectivity index (χ0n) is 16.2. The van der Waals surface area contributed by atoms with E-state index < -0.39 is 12.0 Å². The van der Waals surface area contributed by atoms with Crippen LogP contribution in [-0.2, 0) is 4.79 Å². The van der Waals surface area contributed by atoms with E-state index in [1.807, 2.05) is 18.2 Å². The Morgan fingerprint density at radius 3 is 2.71 bits per heavy atom. The van der Waals surface area contributed by atoms with Gasteiger partial charge in [0.05, 0.1) is 11.8 Å². The minimum absolute atomic E-state index is 0.211. The third kappa shape index (κ3) is 3.76. The van der Waals surface area contributed by atoms with E-state index in [4.69, 9.17) is 4.74 Å². The Kier molecular flexibility index (Phi) is 5.09. The largest absolute Gasteiger partial charge is 0.490 e. The molecule has 2 aromatic carbocycles. The van der Waals surface area contributed by atoms with Crippen LogP contribution in [0.25, 0.3) is 10.9 Å². The molecule has 0 bridgehead atoms. The van der Waals surface area contributed by atoms with Crippen LogP contribution in [0, 0.1) is 6.92 Å². The summed E-state index contributed by atoms with van der Waals surface area (Å²) in [5.41, 5.74) is 4.24. The lowest BCUT2D eigenvalue weighted by Gasteiger charge is -2.35. The van der Waals surface area contributed by atoms with Crippen molar-refractivity contribution in [2.45, 2.75) is 51.2 Å². The molecular weight excluding hydrogens is 352 g/mol. The first-order valence-electron chi connectivity index (χ1n) is 9.86. The third-order valence-electron chi connectivity index (χ3n) is 5.55. The van der Waals surface area contributed by atoms with Crippen molar-refractivity contribution in [1.29, 1.82) is 0 Å². The first-order valence-corrected chi connectivity index (χ1v) is 9.86. The van der Waals surface area contributed by atoms with E-state index in [2.05, 4.69) is 41.5 Å². The van der Waals surface area contributed by atoms with E-state index in [-0.39, 0.29) is 6.10 Å². The molecule has 3 aromatic rings. The summed E-state index contributed by atoms with van der Waals surface area (Å²) < 4.78 is 6.16. The SMILES string of the molecule is CC[C@@H](O)C(=O)Nc1c[nH]c2ccc(O[C@H]3C[C@H](c4ccc(C)cc4)C3)cc12. The van der Waals surface area contributed by atoms with Crippen LogP contribution in [-0.4, -0.2) is 28.2 Å². The molecule has 4 rings (SSSR count). The molecule has 1 aliphatic carbocycles. The van der Waals surface area contributed by atoms with Gasteiger partial charge in [-0.1, -0.05) is 36.8 Å². The Bertz CT molecular complexity index is 971. The number of carbonyl (C=O) groups excluding carboxylic acids is 1. The fraction of sp³-hybridized carbons (Fsp3) is 0.348. The number of aromatic nitrogens is 1. The van der Waals surface area contributed by atoms with Crippen molar-refractivity contribution in [2.24, 2.45) is 0 Å². The van der Waals surface area contributed by atoms with Crippen LogP contribution >= 0.6 is 0 Å². The second kappa shape index (κ2) is 7.68. The highest BCUT2D eigenvalue weighted by atomic mass is 16.5. The molecule has 1 fully saturated rings. The number of aliphatic hydroxyl groups is 1. The van der Waals surface area contributed by atoms with Crippen molar-refractivity contribution in [3.63, 3.8) is 0 Å². The Morgan fingerprint density at radius 1 is 1.25 bits per heavy atom. The minimum atomic E-state index is -1.00. The highest BCUT2D eigenvalue weighted by molar-refractivity contribution is 6.03. The van der Waals surface area contributed by atoms with Gasteiger partial charge >= 0.3 is 0 Å². The number of benzene rings is 2. The van der Waals surface area contributed by atoms with E-state index in [9.17, 15) is 9.90 Å². The predicted octanol–water partition coefficient (Wildman–Crippen LogP) is 4.51. The molecule has 5 heteroatoms. The zero-order valence-corrected chi connectivity index (χ0v) is 16.2. The number of carbonyl (C=O) groups is 1. The maximum atomic E-state index is 12.0. The van der Waals surface area contributed by atoms with Gasteiger partial charge < -0.3 is 20.1 Å². The topological polar surface area (TPSA) is 74.4 Å². The normalized spacial score (nSPS) is 19.8. The summed E-state index contributed by atoms with van der Waals surface area (Å²) in [6.45, 7) is 3.88. The smallest absolute Gasteiger partial charge is 0.253 e. The molecule has 0 aliphatic heterocycles. The number of anilines is 1. The molecule has 0 saturated heterocycles. The lowest BCUT2D eigenvalue weighted by atomic mass is 9.77. The average molecular weight is 378 g/mol. The van der Waals surface area contributed by atoms with Crippen LogP contribution in [0.5, 0.6) is 5.75 Å². The van der Waals surface area contributed by atoms with Gasteiger partial charge in [0.15, 0.2) is 0 Å². The van der Waals surface area contributed by atoms with Crippen molar-refractivity contribution in [3.8, 4) is 5.75 Å². The first kappa shape index (κ1) is 18.6. The zero-order chi connectivity index (χ0) is 19.7. The van der Waals surface area contributed by atoms with Crippen LogP contribution in [0.1, 0.15) is 43.2 Å². The number of nitrogens with one attached hydrogen (secondary N) is 2. The molecule has 1 saturated carbocycles. The van der Waals surface area contributed by atoms with Crippen LogP contribution in [0.2, 0.25) is 0 Å². The van der Waals surface area contributed by atoms with Crippen molar-refractivity contribution >= 4 is 22.5 Å². The van der Waals surface area contributed by atoms with Crippen LogP contribution in [0.3, 0.4) is 0 Å². The standard InChI is InChI=1S/C23H26N2O3/c1-3-22(26)23(27)25-21-13-24-20-9-8-17(12-19(20)21)28-18-10-16(11-18)15-6-4-14(2)5-7-15/h4-9,12-13,16,18,22,24,26H,3,10-11H2,1-2H3,(H,25,27)/t16-,18-,22-/m1/s1. The van der Waals surface area contributed by atoms with Gasteiger partial charge in [-0.05, 0) is 55.9 Å². The van der Waals surface area contributed by atoms with Gasteiger partial charge in [0.25, 0.3) is 5.91 Å². The van der Waals surface area contributed by atoms with Gasteiger partial charge in [-0.2, -0.15) is 0 Å². The number of aryl methyl sites for hydroxylation is 1. The minimum Gasteiger partial charge on any atom is -0.490 e. The number of H-pyrrole nitrogens is 1. The highest BCUT2D eigenvalue weighted by Crippen LogP contribution is 2.40.